The molecule has 1 amide bonds. The SMILES string of the molecule is COC(=O)C[C@@]12CC(=O)O[B-](C(CC(=O)[C@@H](NC(=O)c3cccc(-c4ccccc4)n3)[C@@H](C)O)CC(C)C)(OC1=O)O2. The number of carbonyl (C=O) groups excluding carboxylic acids is 5. The molecule has 42 heavy (non-hydrogen) atoms. The summed E-state index contributed by atoms with van der Waals surface area (Å²) in [7, 11) is 1.14. The number of ether oxygens (including phenoxy) is 1. The van der Waals surface area contributed by atoms with Crippen molar-refractivity contribution in [1.29, 1.82) is 0 Å². The van der Waals surface area contributed by atoms with Crippen molar-refractivity contribution in [3.8, 4) is 11.3 Å². The molecule has 12 nitrogen and oxygen atoms in total. The highest BCUT2D eigenvalue weighted by Gasteiger charge is 2.64. The predicted octanol–water partition coefficient (Wildman–Crippen LogP) is 2.36. The van der Waals surface area contributed by atoms with Gasteiger partial charge >= 0.3 is 12.7 Å². The van der Waals surface area contributed by atoms with E-state index in [1.165, 1.54) is 13.0 Å². The lowest BCUT2D eigenvalue weighted by atomic mass is 9.57. The molecule has 2 saturated heterocycles. The van der Waals surface area contributed by atoms with Crippen LogP contribution in [0.4, 0.5) is 0 Å². The summed E-state index contributed by atoms with van der Waals surface area (Å²) in [5, 5.41) is 13.1. The summed E-state index contributed by atoms with van der Waals surface area (Å²) < 4.78 is 21.7. The van der Waals surface area contributed by atoms with Gasteiger partial charge in [0.15, 0.2) is 5.78 Å². The first-order valence-corrected chi connectivity index (χ1v) is 13.8. The number of rotatable bonds is 12. The first kappa shape index (κ1) is 30.9. The number of pyridine rings is 1. The van der Waals surface area contributed by atoms with Gasteiger partial charge in [0.1, 0.15) is 17.3 Å². The molecule has 2 bridgehead atoms. The number of nitrogens with zero attached hydrogens (tertiary/aromatic N) is 1. The number of benzene rings is 1. The van der Waals surface area contributed by atoms with Gasteiger partial charge in [0, 0.05) is 5.56 Å². The molecule has 0 aliphatic carbocycles. The molecule has 2 unspecified atom stereocenters. The van der Waals surface area contributed by atoms with Crippen molar-refractivity contribution >= 4 is 36.4 Å². The zero-order valence-corrected chi connectivity index (χ0v) is 23.9. The van der Waals surface area contributed by atoms with Crippen LogP contribution in [0.3, 0.4) is 0 Å². The minimum absolute atomic E-state index is 0.0400. The Balaban J connectivity index is 1.56. The normalized spacial score (nSPS) is 23.4. The van der Waals surface area contributed by atoms with Crippen molar-refractivity contribution in [3.05, 3.63) is 54.2 Å². The van der Waals surface area contributed by atoms with Crippen molar-refractivity contribution in [1.82, 2.24) is 10.3 Å². The Morgan fingerprint density at radius 2 is 1.79 bits per heavy atom. The van der Waals surface area contributed by atoms with Gasteiger partial charge in [-0.2, -0.15) is 0 Å². The lowest BCUT2D eigenvalue weighted by molar-refractivity contribution is -0.161. The second-order valence-corrected chi connectivity index (χ2v) is 11.2. The number of amides is 1. The predicted molar refractivity (Wildman–Crippen MR) is 148 cm³/mol. The summed E-state index contributed by atoms with van der Waals surface area (Å²) in [5.41, 5.74) is -0.534. The fourth-order valence-electron chi connectivity index (χ4n) is 5.43. The second kappa shape index (κ2) is 12.4. The van der Waals surface area contributed by atoms with E-state index in [-0.39, 0.29) is 24.5 Å². The number of fused-ring (bicyclic) bond motifs is 2. The number of carbonyl (C=O) groups is 5. The van der Waals surface area contributed by atoms with Gasteiger partial charge in [0.2, 0.25) is 0 Å². The lowest BCUT2D eigenvalue weighted by Crippen LogP contribution is -2.56. The van der Waals surface area contributed by atoms with Crippen LogP contribution in [-0.2, 0) is 37.9 Å². The van der Waals surface area contributed by atoms with Gasteiger partial charge in [0.25, 0.3) is 17.8 Å². The van der Waals surface area contributed by atoms with E-state index in [1.54, 1.807) is 12.1 Å². The zero-order chi connectivity index (χ0) is 30.7. The summed E-state index contributed by atoms with van der Waals surface area (Å²) in [6.45, 7) is 1.93. The molecule has 1 aromatic carbocycles. The van der Waals surface area contributed by atoms with Crippen LogP contribution in [0, 0.1) is 5.92 Å². The number of nitrogens with one attached hydrogen (secondary N) is 1. The first-order chi connectivity index (χ1) is 19.9. The molecule has 1 aromatic heterocycles. The average Bonchev–Trinajstić information content (AvgIpc) is 3.15. The zero-order valence-electron chi connectivity index (χ0n) is 23.9. The topological polar surface area (TPSA) is 167 Å². The van der Waals surface area contributed by atoms with Crippen molar-refractivity contribution in [2.75, 3.05) is 7.11 Å². The number of hydrogen-bond acceptors (Lipinski definition) is 11. The van der Waals surface area contributed by atoms with Gasteiger partial charge in [-0.15, -0.1) is 0 Å². The highest BCUT2D eigenvalue weighted by molar-refractivity contribution is 6.68. The van der Waals surface area contributed by atoms with E-state index in [4.69, 9.17) is 14.0 Å². The van der Waals surface area contributed by atoms with Crippen molar-refractivity contribution in [3.63, 3.8) is 0 Å². The molecule has 3 heterocycles. The minimum atomic E-state index is -3.13. The number of aliphatic hydroxyl groups excluding tert-OH is 1. The number of aromatic nitrogens is 1. The molecule has 2 N–H and O–H groups in total. The standard InChI is InChI=1S/C29H34BN2O10/c1-17(2)13-20(30-40-25(36)16-29(42-30,28(38)41-30)15-24(35)39-4)14-23(34)26(18(3)33)32-27(37)22-12-8-11-21(31-22)19-9-6-5-7-10-19/h5-12,17-18,20,26,33H,13-16H2,1-4H3,(H,32,37)/q-1/t18-,20?,26+,29-,30?/m1/s1. The molecule has 4 rings (SSSR count). The lowest BCUT2D eigenvalue weighted by Gasteiger charge is -2.46. The Hall–Kier alpha value is -4.10. The highest BCUT2D eigenvalue weighted by Crippen LogP contribution is 2.48. The maximum Gasteiger partial charge on any atom is 0.499 e. The van der Waals surface area contributed by atoms with Crippen LogP contribution in [0.15, 0.2) is 48.5 Å². The first-order valence-electron chi connectivity index (χ1n) is 13.8. The smallest absolute Gasteiger partial charge is 0.499 e. The molecular weight excluding hydrogens is 547 g/mol. The van der Waals surface area contributed by atoms with Crippen molar-refractivity contribution in [2.45, 2.75) is 70.0 Å². The van der Waals surface area contributed by atoms with Crippen LogP contribution in [0.1, 0.15) is 56.9 Å². The summed E-state index contributed by atoms with van der Waals surface area (Å²) >= 11 is 0. The van der Waals surface area contributed by atoms with E-state index >= 15 is 0 Å². The molecule has 13 heteroatoms. The number of esters is 1. The third kappa shape index (κ3) is 6.52. The van der Waals surface area contributed by atoms with E-state index in [9.17, 15) is 29.1 Å². The molecule has 2 fully saturated rings. The van der Waals surface area contributed by atoms with E-state index in [0.29, 0.717) is 5.69 Å². The molecule has 2 aliphatic rings. The van der Waals surface area contributed by atoms with Crippen molar-refractivity contribution in [2.24, 2.45) is 5.92 Å². The highest BCUT2D eigenvalue weighted by atomic mass is 16.8. The van der Waals surface area contributed by atoms with Crippen LogP contribution < -0.4 is 5.32 Å². The molecule has 2 aliphatic heterocycles. The van der Waals surface area contributed by atoms with Crippen LogP contribution in [0.5, 0.6) is 0 Å². The molecule has 224 valence electrons. The summed E-state index contributed by atoms with van der Waals surface area (Å²) in [5.74, 6) is -4.87. The Bertz CT molecular complexity index is 1370. The van der Waals surface area contributed by atoms with E-state index in [1.807, 2.05) is 44.2 Å². The number of aliphatic hydroxyl groups is 1. The fraction of sp³-hybridized carbons (Fsp3) is 0.448. The number of Topliss-reactive ketones (excluding diaryl/α,β-unsaturated/α-hetero) is 1. The summed E-state index contributed by atoms with van der Waals surface area (Å²) in [6, 6.07) is 12.8. The van der Waals surface area contributed by atoms with E-state index in [2.05, 4.69) is 15.0 Å². The number of ketones is 1. The molecule has 0 saturated carbocycles. The number of hydrogen-bond donors (Lipinski definition) is 2. The third-order valence-corrected chi connectivity index (χ3v) is 7.40. The maximum absolute atomic E-state index is 13.6. The minimum Gasteiger partial charge on any atom is -0.633 e. The summed E-state index contributed by atoms with van der Waals surface area (Å²) in [6.07, 6.45) is -2.57. The average molecular weight is 581 g/mol. The summed E-state index contributed by atoms with van der Waals surface area (Å²) in [4.78, 5) is 68.8. The largest absolute Gasteiger partial charge is 0.633 e. The van der Waals surface area contributed by atoms with Gasteiger partial charge in [-0.05, 0) is 31.4 Å². The van der Waals surface area contributed by atoms with Gasteiger partial charge in [-0.25, -0.2) is 4.98 Å². The molecule has 0 radical (unpaired) electrons. The second-order valence-electron chi connectivity index (χ2n) is 11.2. The van der Waals surface area contributed by atoms with Gasteiger partial charge in [-0.1, -0.05) is 62.5 Å². The van der Waals surface area contributed by atoms with E-state index in [0.717, 1.165) is 12.7 Å². The molecule has 2 aromatic rings. The Labute approximate surface area is 243 Å². The Kier molecular flexibility index (Phi) is 9.12. The Morgan fingerprint density at radius 3 is 2.43 bits per heavy atom. The van der Waals surface area contributed by atoms with Crippen LogP contribution in [0.25, 0.3) is 11.3 Å². The Morgan fingerprint density at radius 1 is 1.07 bits per heavy atom. The molecular formula is C29H34BN2O10-. The monoisotopic (exact) mass is 581 g/mol. The number of methoxy groups -OCH3 is 1. The fourth-order valence-corrected chi connectivity index (χ4v) is 5.43. The molecule has 0 spiro atoms. The van der Waals surface area contributed by atoms with Crippen LogP contribution in [0.2, 0.25) is 5.82 Å². The van der Waals surface area contributed by atoms with Gasteiger partial charge in [0.05, 0.1) is 31.7 Å². The quantitative estimate of drug-likeness (QED) is 0.279. The van der Waals surface area contributed by atoms with Crippen LogP contribution >= 0.6 is 0 Å². The van der Waals surface area contributed by atoms with Crippen LogP contribution in [-0.4, -0.2) is 71.3 Å². The molecule has 5 atom stereocenters. The van der Waals surface area contributed by atoms with Gasteiger partial charge < -0.3 is 29.1 Å². The van der Waals surface area contributed by atoms with Crippen molar-refractivity contribution < 1.29 is 47.8 Å². The maximum atomic E-state index is 13.6. The van der Waals surface area contributed by atoms with E-state index < -0.39 is 72.8 Å². The third-order valence-electron chi connectivity index (χ3n) is 7.40. The van der Waals surface area contributed by atoms with Gasteiger partial charge in [-0.3, -0.25) is 24.0 Å².